The molecule has 0 spiro atoms. The molecule has 1 heterocycles. The number of fused-ring (bicyclic) bond motifs is 1. The van der Waals surface area contributed by atoms with Gasteiger partial charge in [0.25, 0.3) is 0 Å². The fourth-order valence-corrected chi connectivity index (χ4v) is 1.71. The first-order chi connectivity index (χ1) is 7.72. The van der Waals surface area contributed by atoms with E-state index in [1.54, 1.807) is 18.2 Å². The smallest absolute Gasteiger partial charge is 0.336 e. The van der Waals surface area contributed by atoms with Crippen molar-refractivity contribution in [1.82, 2.24) is 0 Å². The Kier molecular flexibility index (Phi) is 2.72. The third-order valence-corrected chi connectivity index (χ3v) is 2.47. The molecule has 1 N–H and O–H groups in total. The number of carboxylic acid groups (broad SMARTS) is 1. The van der Waals surface area contributed by atoms with Gasteiger partial charge >= 0.3 is 5.97 Å². The standard InChI is InChI=1S/C12H10O4/c13-5-3-10(12(14)15)8-1-2-11-9(7-8)4-6-16-11/h1-3,5,7H,4,6H2,(H,14,15). The average molecular weight is 218 g/mol. The maximum atomic E-state index is 10.9. The number of benzene rings is 1. The van der Waals surface area contributed by atoms with Gasteiger partial charge in [-0.25, -0.2) is 4.79 Å². The summed E-state index contributed by atoms with van der Waals surface area (Å²) in [5, 5.41) is 8.95. The Bertz CT molecular complexity index is 474. The van der Waals surface area contributed by atoms with E-state index in [0.717, 1.165) is 23.8 Å². The van der Waals surface area contributed by atoms with E-state index >= 15 is 0 Å². The molecule has 4 nitrogen and oxygen atoms in total. The van der Waals surface area contributed by atoms with Crippen LogP contribution in [0.25, 0.3) is 5.57 Å². The summed E-state index contributed by atoms with van der Waals surface area (Å²) in [5.41, 5.74) is 1.52. The lowest BCUT2D eigenvalue weighted by Gasteiger charge is -2.04. The molecule has 1 aliphatic heterocycles. The van der Waals surface area contributed by atoms with Crippen LogP contribution in [0.15, 0.2) is 24.3 Å². The van der Waals surface area contributed by atoms with E-state index in [9.17, 15) is 9.59 Å². The highest BCUT2D eigenvalue weighted by atomic mass is 16.5. The van der Waals surface area contributed by atoms with Crippen LogP contribution >= 0.6 is 0 Å². The molecule has 0 aliphatic carbocycles. The van der Waals surface area contributed by atoms with Crippen molar-refractivity contribution in [3.8, 4) is 5.75 Å². The van der Waals surface area contributed by atoms with Gasteiger partial charge < -0.3 is 9.84 Å². The van der Waals surface area contributed by atoms with Crippen molar-refractivity contribution in [2.75, 3.05) is 6.61 Å². The molecule has 1 aromatic rings. The van der Waals surface area contributed by atoms with Gasteiger partial charge in [0.1, 0.15) is 12.0 Å². The van der Waals surface area contributed by atoms with Crippen LogP contribution in [0.5, 0.6) is 5.75 Å². The van der Waals surface area contributed by atoms with Crippen LogP contribution in [0, 0.1) is 0 Å². The zero-order valence-corrected chi connectivity index (χ0v) is 8.47. The summed E-state index contributed by atoms with van der Waals surface area (Å²) >= 11 is 0. The Morgan fingerprint density at radius 1 is 1.44 bits per heavy atom. The molecule has 0 aromatic heterocycles. The Morgan fingerprint density at radius 3 is 2.94 bits per heavy atom. The van der Waals surface area contributed by atoms with Crippen molar-refractivity contribution in [2.45, 2.75) is 6.42 Å². The number of carbonyl (C=O) groups excluding carboxylic acids is 1. The summed E-state index contributed by atoms with van der Waals surface area (Å²) in [7, 11) is 0. The number of carbonyl (C=O) groups is 2. The zero-order valence-electron chi connectivity index (χ0n) is 8.47. The van der Waals surface area contributed by atoms with Crippen molar-refractivity contribution >= 4 is 17.8 Å². The predicted octanol–water partition coefficient (Wildman–Crippen LogP) is 1.29. The van der Waals surface area contributed by atoms with Crippen molar-refractivity contribution < 1.29 is 19.4 Å². The van der Waals surface area contributed by atoms with Crippen LogP contribution in [0.3, 0.4) is 0 Å². The first-order valence-corrected chi connectivity index (χ1v) is 4.87. The summed E-state index contributed by atoms with van der Waals surface area (Å²) in [5.74, 6) is -0.314. The van der Waals surface area contributed by atoms with Gasteiger partial charge in [0.15, 0.2) is 0 Å². The minimum Gasteiger partial charge on any atom is -0.493 e. The number of rotatable bonds is 3. The minimum atomic E-state index is -1.11. The van der Waals surface area contributed by atoms with Crippen LogP contribution in [-0.2, 0) is 16.0 Å². The fourth-order valence-electron chi connectivity index (χ4n) is 1.71. The molecule has 0 fully saturated rings. The molecular formula is C12H10O4. The number of aldehydes is 1. The number of hydrogen-bond donors (Lipinski definition) is 1. The van der Waals surface area contributed by atoms with Crippen molar-refractivity contribution in [3.05, 3.63) is 35.4 Å². The third-order valence-electron chi connectivity index (χ3n) is 2.47. The summed E-state index contributed by atoms with van der Waals surface area (Å²) in [6.07, 6.45) is 2.31. The van der Waals surface area contributed by atoms with Gasteiger partial charge in [-0.2, -0.15) is 0 Å². The molecule has 16 heavy (non-hydrogen) atoms. The SMILES string of the molecule is O=CC=C(C(=O)O)c1ccc2c(c1)CCO2. The van der Waals surface area contributed by atoms with Gasteiger partial charge in [0.05, 0.1) is 12.2 Å². The fraction of sp³-hybridized carbons (Fsp3) is 0.167. The number of allylic oxidation sites excluding steroid dienone is 1. The Hall–Kier alpha value is -2.10. The van der Waals surface area contributed by atoms with Crippen LogP contribution < -0.4 is 4.74 Å². The van der Waals surface area contributed by atoms with E-state index in [1.165, 1.54) is 0 Å². The molecule has 2 rings (SSSR count). The van der Waals surface area contributed by atoms with Crippen LogP contribution in [0.4, 0.5) is 0 Å². The van der Waals surface area contributed by atoms with E-state index in [0.29, 0.717) is 18.5 Å². The van der Waals surface area contributed by atoms with E-state index in [4.69, 9.17) is 9.84 Å². The molecule has 4 heteroatoms. The molecule has 0 amide bonds. The molecule has 0 bridgehead atoms. The van der Waals surface area contributed by atoms with Gasteiger partial charge in [0.2, 0.25) is 0 Å². The highest BCUT2D eigenvalue weighted by molar-refractivity contribution is 6.18. The lowest BCUT2D eigenvalue weighted by Crippen LogP contribution is -2.00. The lowest BCUT2D eigenvalue weighted by molar-refractivity contribution is -0.130. The second kappa shape index (κ2) is 4.18. The number of carboxylic acids is 1. The highest BCUT2D eigenvalue weighted by Gasteiger charge is 2.16. The van der Waals surface area contributed by atoms with Gasteiger partial charge in [0, 0.05) is 6.42 Å². The Balaban J connectivity index is 2.43. The number of hydrogen-bond acceptors (Lipinski definition) is 3. The first kappa shape index (κ1) is 10.4. The molecule has 0 unspecified atom stereocenters. The summed E-state index contributed by atoms with van der Waals surface area (Å²) in [6.45, 7) is 0.624. The normalized spacial score (nSPS) is 14.1. The molecule has 0 saturated heterocycles. The number of ether oxygens (including phenoxy) is 1. The molecular weight excluding hydrogens is 208 g/mol. The van der Waals surface area contributed by atoms with Crippen LogP contribution in [0.2, 0.25) is 0 Å². The van der Waals surface area contributed by atoms with E-state index < -0.39 is 5.97 Å². The van der Waals surface area contributed by atoms with Gasteiger partial charge in [-0.15, -0.1) is 0 Å². The molecule has 0 atom stereocenters. The first-order valence-electron chi connectivity index (χ1n) is 4.87. The monoisotopic (exact) mass is 218 g/mol. The second-order valence-corrected chi connectivity index (χ2v) is 3.44. The quantitative estimate of drug-likeness (QED) is 0.613. The molecule has 0 radical (unpaired) electrons. The summed E-state index contributed by atoms with van der Waals surface area (Å²) in [4.78, 5) is 21.3. The van der Waals surface area contributed by atoms with E-state index in [1.807, 2.05) is 0 Å². The largest absolute Gasteiger partial charge is 0.493 e. The lowest BCUT2D eigenvalue weighted by atomic mass is 10.0. The molecule has 82 valence electrons. The zero-order chi connectivity index (χ0) is 11.5. The predicted molar refractivity (Wildman–Crippen MR) is 57.3 cm³/mol. The molecule has 1 aromatic carbocycles. The number of aliphatic carboxylic acids is 1. The van der Waals surface area contributed by atoms with E-state index in [2.05, 4.69) is 0 Å². The third kappa shape index (κ3) is 1.82. The maximum absolute atomic E-state index is 10.9. The average Bonchev–Trinajstić information content (AvgIpc) is 2.72. The summed E-state index contributed by atoms with van der Waals surface area (Å²) in [6, 6.07) is 5.14. The highest BCUT2D eigenvalue weighted by Crippen LogP contribution is 2.28. The van der Waals surface area contributed by atoms with Crippen molar-refractivity contribution in [3.63, 3.8) is 0 Å². The van der Waals surface area contributed by atoms with Crippen molar-refractivity contribution in [2.24, 2.45) is 0 Å². The van der Waals surface area contributed by atoms with Gasteiger partial charge in [-0.05, 0) is 29.3 Å². The Morgan fingerprint density at radius 2 is 2.25 bits per heavy atom. The molecule has 0 saturated carbocycles. The summed E-state index contributed by atoms with van der Waals surface area (Å²) < 4.78 is 5.32. The van der Waals surface area contributed by atoms with E-state index in [-0.39, 0.29) is 5.57 Å². The second-order valence-electron chi connectivity index (χ2n) is 3.44. The van der Waals surface area contributed by atoms with Crippen LogP contribution in [-0.4, -0.2) is 24.0 Å². The van der Waals surface area contributed by atoms with Crippen molar-refractivity contribution in [1.29, 1.82) is 0 Å². The molecule has 1 aliphatic rings. The van der Waals surface area contributed by atoms with Crippen LogP contribution in [0.1, 0.15) is 11.1 Å². The maximum Gasteiger partial charge on any atom is 0.336 e. The topological polar surface area (TPSA) is 63.6 Å². The Labute approximate surface area is 92.2 Å². The minimum absolute atomic E-state index is 0.00435. The van der Waals surface area contributed by atoms with Gasteiger partial charge in [-0.1, -0.05) is 6.07 Å². The van der Waals surface area contributed by atoms with Gasteiger partial charge in [-0.3, -0.25) is 4.79 Å².